The minimum Gasteiger partial charge on any atom is -0.481 e. The van der Waals surface area contributed by atoms with Gasteiger partial charge in [0.25, 0.3) is 0 Å². The molecule has 0 spiro atoms. The van der Waals surface area contributed by atoms with Crippen molar-refractivity contribution in [1.82, 2.24) is 0 Å². The van der Waals surface area contributed by atoms with E-state index in [2.05, 4.69) is 47.7 Å². The summed E-state index contributed by atoms with van der Waals surface area (Å²) in [5.41, 5.74) is 3.21. The zero-order chi connectivity index (χ0) is 26.7. The van der Waals surface area contributed by atoms with Crippen molar-refractivity contribution in [3.05, 3.63) is 52.9 Å². The van der Waals surface area contributed by atoms with Gasteiger partial charge in [0.05, 0.1) is 24.7 Å². The van der Waals surface area contributed by atoms with E-state index in [4.69, 9.17) is 9.53 Å². The van der Waals surface area contributed by atoms with Crippen molar-refractivity contribution in [2.24, 2.45) is 16.7 Å². The Bertz CT molecular complexity index is 961. The molecule has 1 aromatic carbocycles. The maximum atomic E-state index is 14.2. The van der Waals surface area contributed by atoms with Crippen LogP contribution in [0.2, 0.25) is 13.1 Å². The van der Waals surface area contributed by atoms with Gasteiger partial charge in [0.1, 0.15) is 5.82 Å². The number of aryl methyl sites for hydroxylation is 1. The van der Waals surface area contributed by atoms with E-state index in [1.807, 2.05) is 12.1 Å². The predicted octanol–water partition coefficient (Wildman–Crippen LogP) is 5.49. The van der Waals surface area contributed by atoms with Crippen molar-refractivity contribution in [2.75, 3.05) is 0 Å². The Labute approximate surface area is 211 Å². The first kappa shape index (κ1) is 29.4. The highest BCUT2D eigenvalue weighted by molar-refractivity contribution is 6.48. The highest BCUT2D eigenvalue weighted by Crippen LogP contribution is 2.53. The van der Waals surface area contributed by atoms with Crippen LogP contribution in [0.15, 0.2) is 35.9 Å². The fourth-order valence-electron chi connectivity index (χ4n) is 5.00. The van der Waals surface area contributed by atoms with Gasteiger partial charge in [0.15, 0.2) is 9.04 Å². The largest absolute Gasteiger partial charge is 0.481 e. The molecule has 2 rings (SSSR count). The summed E-state index contributed by atoms with van der Waals surface area (Å²) < 4.78 is 20.9. The number of carboxylic acids is 1. The third-order valence-corrected chi connectivity index (χ3v) is 7.65. The summed E-state index contributed by atoms with van der Waals surface area (Å²) >= 11 is 0. The topological polar surface area (TPSA) is 87.0 Å². The van der Waals surface area contributed by atoms with Crippen molar-refractivity contribution in [3.8, 4) is 0 Å². The van der Waals surface area contributed by atoms with Crippen molar-refractivity contribution < 1.29 is 28.9 Å². The third-order valence-electron chi connectivity index (χ3n) is 6.81. The standard InChI is InChI=1S/C28H43FO5Si/c1-17-13-18(9-12-23(17)29)25-21(11-10-19(30)14-20(31)15-24(32)33)28(5,6)16-22(27(2,3)4)26(25)34-35(7)8/h9-13,19-20,22,26,30-31,35H,14-16H2,1-8H3,(H,32,33). The molecule has 1 aliphatic carbocycles. The predicted molar refractivity (Wildman–Crippen MR) is 141 cm³/mol. The molecule has 0 fully saturated rings. The number of carboxylic acid groups (broad SMARTS) is 1. The molecule has 0 saturated carbocycles. The van der Waals surface area contributed by atoms with Crippen LogP contribution in [-0.4, -0.2) is 48.6 Å². The number of rotatable bonds is 9. The molecule has 0 saturated heterocycles. The SMILES string of the molecule is Cc1cc(C2=C(C=CC(O)CC(O)CC(=O)O)C(C)(C)CC(C(C)(C)C)C2O[SiH](C)C)ccc1F. The van der Waals surface area contributed by atoms with Gasteiger partial charge in [-0.1, -0.05) is 52.8 Å². The van der Waals surface area contributed by atoms with Crippen LogP contribution in [0, 0.1) is 29.5 Å². The van der Waals surface area contributed by atoms with E-state index in [-0.39, 0.29) is 35.1 Å². The third kappa shape index (κ3) is 7.84. The van der Waals surface area contributed by atoms with E-state index < -0.39 is 33.6 Å². The van der Waals surface area contributed by atoms with E-state index in [0.717, 1.165) is 23.1 Å². The van der Waals surface area contributed by atoms with Gasteiger partial charge >= 0.3 is 5.97 Å². The van der Waals surface area contributed by atoms with Crippen LogP contribution in [0.1, 0.15) is 65.0 Å². The van der Waals surface area contributed by atoms with Gasteiger partial charge in [-0.05, 0) is 77.6 Å². The van der Waals surface area contributed by atoms with Gasteiger partial charge in [0.2, 0.25) is 0 Å². The van der Waals surface area contributed by atoms with Crippen molar-refractivity contribution >= 4 is 20.6 Å². The molecular weight excluding hydrogens is 463 g/mol. The minimum atomic E-state index is -1.45. The molecule has 196 valence electrons. The number of benzene rings is 1. The fourth-order valence-corrected chi connectivity index (χ4v) is 5.91. The number of hydrogen-bond acceptors (Lipinski definition) is 4. The molecule has 5 nitrogen and oxygen atoms in total. The highest BCUT2D eigenvalue weighted by Gasteiger charge is 2.46. The summed E-state index contributed by atoms with van der Waals surface area (Å²) in [6.45, 7) is 17.1. The van der Waals surface area contributed by atoms with Gasteiger partial charge in [-0.15, -0.1) is 0 Å². The molecule has 0 heterocycles. The molecule has 35 heavy (non-hydrogen) atoms. The lowest BCUT2D eigenvalue weighted by Gasteiger charge is -2.49. The second kappa shape index (κ2) is 11.5. The molecular formula is C28H43FO5Si. The fraction of sp³-hybridized carbons (Fsp3) is 0.607. The maximum absolute atomic E-state index is 14.2. The van der Waals surface area contributed by atoms with Gasteiger partial charge in [-0.2, -0.15) is 0 Å². The first-order chi connectivity index (χ1) is 16.0. The normalized spacial score (nSPS) is 22.6. The summed E-state index contributed by atoms with van der Waals surface area (Å²) in [7, 11) is -1.45. The Morgan fingerprint density at radius 3 is 2.43 bits per heavy atom. The van der Waals surface area contributed by atoms with Crippen LogP contribution in [0.25, 0.3) is 5.57 Å². The number of halogens is 1. The molecule has 0 aromatic heterocycles. The highest BCUT2D eigenvalue weighted by atomic mass is 28.3. The second-order valence-corrected chi connectivity index (χ2v) is 14.2. The van der Waals surface area contributed by atoms with Crippen molar-refractivity contribution in [1.29, 1.82) is 0 Å². The van der Waals surface area contributed by atoms with Crippen LogP contribution in [0.5, 0.6) is 0 Å². The molecule has 7 heteroatoms. The minimum absolute atomic E-state index is 0.0265. The molecule has 4 unspecified atom stereocenters. The summed E-state index contributed by atoms with van der Waals surface area (Å²) in [6, 6.07) is 5.16. The number of aliphatic hydroxyl groups is 2. The average molecular weight is 507 g/mol. The first-order valence-electron chi connectivity index (χ1n) is 12.5. The average Bonchev–Trinajstić information content (AvgIpc) is 2.68. The number of aliphatic hydroxyl groups excluding tert-OH is 2. The summed E-state index contributed by atoms with van der Waals surface area (Å²) in [6.07, 6.45) is 1.61. The van der Waals surface area contributed by atoms with E-state index in [1.54, 1.807) is 19.1 Å². The maximum Gasteiger partial charge on any atom is 0.305 e. The van der Waals surface area contributed by atoms with Gasteiger partial charge < -0.3 is 19.7 Å². The summed E-state index contributed by atoms with van der Waals surface area (Å²) in [4.78, 5) is 10.9. The Hall–Kier alpha value is -1.80. The molecule has 4 atom stereocenters. The molecule has 3 N–H and O–H groups in total. The molecule has 1 aromatic rings. The van der Waals surface area contributed by atoms with Crippen LogP contribution >= 0.6 is 0 Å². The quantitative estimate of drug-likeness (QED) is 0.386. The summed E-state index contributed by atoms with van der Waals surface area (Å²) in [5.74, 6) is -1.13. The van der Waals surface area contributed by atoms with Gasteiger partial charge in [0, 0.05) is 6.42 Å². The lowest BCUT2D eigenvalue weighted by atomic mass is 9.59. The smallest absolute Gasteiger partial charge is 0.305 e. The Kier molecular flexibility index (Phi) is 9.67. The lowest BCUT2D eigenvalue weighted by molar-refractivity contribution is -0.139. The van der Waals surface area contributed by atoms with Gasteiger partial charge in [-0.25, -0.2) is 4.39 Å². The van der Waals surface area contributed by atoms with Gasteiger partial charge in [-0.3, -0.25) is 4.79 Å². The van der Waals surface area contributed by atoms with E-state index in [0.29, 0.717) is 5.56 Å². The molecule has 0 aliphatic heterocycles. The Morgan fingerprint density at radius 1 is 1.29 bits per heavy atom. The number of hydrogen-bond donors (Lipinski definition) is 3. The molecule has 0 bridgehead atoms. The number of allylic oxidation sites excluding steroid dienone is 2. The van der Waals surface area contributed by atoms with Crippen LogP contribution in [0.4, 0.5) is 4.39 Å². The lowest BCUT2D eigenvalue weighted by Crippen LogP contribution is -2.44. The number of carbonyl (C=O) groups is 1. The molecule has 1 aliphatic rings. The zero-order valence-electron chi connectivity index (χ0n) is 22.4. The summed E-state index contributed by atoms with van der Waals surface area (Å²) in [5, 5.41) is 29.4. The monoisotopic (exact) mass is 506 g/mol. The molecule has 0 amide bonds. The van der Waals surface area contributed by atoms with E-state index >= 15 is 0 Å². The van der Waals surface area contributed by atoms with Crippen molar-refractivity contribution in [2.45, 2.75) is 92.2 Å². The van der Waals surface area contributed by atoms with Crippen LogP contribution in [-0.2, 0) is 9.22 Å². The van der Waals surface area contributed by atoms with Crippen LogP contribution < -0.4 is 0 Å². The van der Waals surface area contributed by atoms with Crippen molar-refractivity contribution in [3.63, 3.8) is 0 Å². The van der Waals surface area contributed by atoms with Crippen LogP contribution in [0.3, 0.4) is 0 Å². The van der Waals surface area contributed by atoms with E-state index in [9.17, 15) is 19.4 Å². The Morgan fingerprint density at radius 2 is 1.91 bits per heavy atom. The molecule has 0 radical (unpaired) electrons. The second-order valence-electron chi connectivity index (χ2n) is 11.9. The first-order valence-corrected chi connectivity index (χ1v) is 15.2. The number of aliphatic carboxylic acids is 1. The van der Waals surface area contributed by atoms with E-state index in [1.165, 1.54) is 6.07 Å². The Balaban J connectivity index is 2.68. The zero-order valence-corrected chi connectivity index (χ0v) is 23.6.